The van der Waals surface area contributed by atoms with Gasteiger partial charge in [0.25, 0.3) is 0 Å². The van der Waals surface area contributed by atoms with E-state index in [0.29, 0.717) is 6.04 Å². The molecule has 1 fully saturated rings. The second-order valence-corrected chi connectivity index (χ2v) is 6.75. The zero-order valence-corrected chi connectivity index (χ0v) is 12.4. The molecule has 2 rings (SSSR count). The van der Waals surface area contributed by atoms with Gasteiger partial charge in [-0.2, -0.15) is 11.8 Å². The van der Waals surface area contributed by atoms with E-state index in [0.717, 1.165) is 18.4 Å². The lowest BCUT2D eigenvalue weighted by Gasteiger charge is -2.25. The molecule has 0 saturated heterocycles. The maximum absolute atomic E-state index is 5.50. The number of hydrogen-bond donors (Lipinski definition) is 1. The summed E-state index contributed by atoms with van der Waals surface area (Å²) in [6.07, 6.45) is 11.4. The molecule has 1 N–H and O–H groups in total. The highest BCUT2D eigenvalue weighted by Crippen LogP contribution is 2.31. The minimum Gasteiger partial charge on any atom is -0.501 e. The summed E-state index contributed by atoms with van der Waals surface area (Å²) in [5, 5.41) is 4.61. The van der Waals surface area contributed by atoms with Crippen LogP contribution in [0.15, 0.2) is 11.8 Å². The molecule has 2 nitrogen and oxygen atoms in total. The third-order valence-electron chi connectivity index (χ3n) is 3.85. The van der Waals surface area contributed by atoms with Crippen molar-refractivity contribution >= 4 is 11.8 Å². The lowest BCUT2D eigenvalue weighted by Crippen LogP contribution is -2.35. The summed E-state index contributed by atoms with van der Waals surface area (Å²) in [5.74, 6) is 1.22. The third-order valence-corrected chi connectivity index (χ3v) is 5.32. The molecule has 0 aromatic heterocycles. The van der Waals surface area contributed by atoms with Crippen LogP contribution in [0.3, 0.4) is 0 Å². The van der Waals surface area contributed by atoms with Gasteiger partial charge in [0.1, 0.15) is 0 Å². The highest BCUT2D eigenvalue weighted by atomic mass is 32.2. The van der Waals surface area contributed by atoms with E-state index in [1.807, 2.05) is 6.26 Å². The second-order valence-electron chi connectivity index (χ2n) is 5.41. The molecule has 1 aliphatic heterocycles. The first-order valence-electron chi connectivity index (χ1n) is 7.55. The Kier molecular flexibility index (Phi) is 6.42. The Morgan fingerprint density at radius 2 is 2.22 bits per heavy atom. The Bertz CT molecular complexity index is 261. The molecule has 0 spiro atoms. The van der Waals surface area contributed by atoms with Crippen molar-refractivity contribution < 1.29 is 4.74 Å². The number of nitrogens with one attached hydrogen (secondary N) is 1. The van der Waals surface area contributed by atoms with Crippen molar-refractivity contribution in [3.05, 3.63) is 11.8 Å². The van der Waals surface area contributed by atoms with Crippen molar-refractivity contribution in [2.45, 2.75) is 63.2 Å². The molecule has 0 bridgehead atoms. The molecule has 1 aliphatic carbocycles. The van der Waals surface area contributed by atoms with E-state index in [4.69, 9.17) is 4.74 Å². The molecule has 104 valence electrons. The largest absolute Gasteiger partial charge is 0.501 e. The van der Waals surface area contributed by atoms with Crippen LogP contribution in [0.2, 0.25) is 0 Å². The van der Waals surface area contributed by atoms with Gasteiger partial charge < -0.3 is 10.1 Å². The normalized spacial score (nSPS) is 22.6. The van der Waals surface area contributed by atoms with Crippen LogP contribution < -0.4 is 5.32 Å². The minimum absolute atomic E-state index is 0.538. The van der Waals surface area contributed by atoms with Gasteiger partial charge in [-0.15, -0.1) is 0 Å². The summed E-state index contributed by atoms with van der Waals surface area (Å²) < 4.78 is 5.50. The molecule has 1 unspecified atom stereocenters. The first kappa shape index (κ1) is 14.3. The van der Waals surface area contributed by atoms with Gasteiger partial charge in [0.2, 0.25) is 0 Å². The maximum Gasteiger partial charge on any atom is 0.0876 e. The van der Waals surface area contributed by atoms with E-state index < -0.39 is 0 Å². The van der Waals surface area contributed by atoms with Crippen molar-refractivity contribution in [2.75, 3.05) is 18.9 Å². The monoisotopic (exact) mass is 269 g/mol. The van der Waals surface area contributed by atoms with Crippen molar-refractivity contribution in [3.63, 3.8) is 0 Å². The Morgan fingerprint density at radius 1 is 1.39 bits per heavy atom. The molecule has 0 aromatic carbocycles. The zero-order valence-electron chi connectivity index (χ0n) is 11.6. The molecule has 0 radical (unpaired) electrons. The predicted octanol–water partition coefficient (Wildman–Crippen LogP) is 3.72. The van der Waals surface area contributed by atoms with Crippen LogP contribution >= 0.6 is 11.8 Å². The van der Waals surface area contributed by atoms with Gasteiger partial charge in [-0.25, -0.2) is 0 Å². The lowest BCUT2D eigenvalue weighted by molar-refractivity contribution is 0.220. The van der Waals surface area contributed by atoms with E-state index in [9.17, 15) is 0 Å². The Balaban J connectivity index is 1.81. The van der Waals surface area contributed by atoms with Crippen LogP contribution in [-0.4, -0.2) is 30.2 Å². The van der Waals surface area contributed by atoms with E-state index in [1.165, 1.54) is 56.3 Å². The summed E-state index contributed by atoms with van der Waals surface area (Å²) in [5.41, 5.74) is 1.49. The Hall–Kier alpha value is -0.150. The number of rotatable bonds is 7. The molecule has 1 heterocycles. The summed E-state index contributed by atoms with van der Waals surface area (Å²) in [6.45, 7) is 4.26. The highest BCUT2D eigenvalue weighted by molar-refractivity contribution is 7.99. The Labute approximate surface area is 116 Å². The van der Waals surface area contributed by atoms with Crippen LogP contribution in [0.5, 0.6) is 0 Å². The van der Waals surface area contributed by atoms with Crippen LogP contribution in [0.25, 0.3) is 0 Å². The van der Waals surface area contributed by atoms with Crippen molar-refractivity contribution in [2.24, 2.45) is 0 Å². The fraction of sp³-hybridized carbons (Fsp3) is 0.867. The smallest absolute Gasteiger partial charge is 0.0876 e. The standard InChI is InChI=1S/C15H27NOS/c1-2-9-16-15(13-6-5-10-17-11-13)12-18-14-7-3-4-8-14/h11,14-16H,2-10,12H2,1H3. The quantitative estimate of drug-likeness (QED) is 0.761. The van der Waals surface area contributed by atoms with Crippen LogP contribution in [0, 0.1) is 0 Å². The number of thioether (sulfide) groups is 1. The van der Waals surface area contributed by atoms with Gasteiger partial charge in [-0.1, -0.05) is 19.8 Å². The average molecular weight is 269 g/mol. The first-order valence-corrected chi connectivity index (χ1v) is 8.60. The average Bonchev–Trinajstić information content (AvgIpc) is 2.93. The summed E-state index contributed by atoms with van der Waals surface area (Å²) >= 11 is 2.18. The van der Waals surface area contributed by atoms with Crippen molar-refractivity contribution in [3.8, 4) is 0 Å². The Morgan fingerprint density at radius 3 is 2.89 bits per heavy atom. The van der Waals surface area contributed by atoms with Crippen molar-refractivity contribution in [1.29, 1.82) is 0 Å². The zero-order chi connectivity index (χ0) is 12.6. The number of hydrogen-bond acceptors (Lipinski definition) is 3. The lowest BCUT2D eigenvalue weighted by atomic mass is 10.0. The summed E-state index contributed by atoms with van der Waals surface area (Å²) in [4.78, 5) is 0. The molecular formula is C15H27NOS. The van der Waals surface area contributed by atoms with Gasteiger partial charge in [-0.3, -0.25) is 0 Å². The second kappa shape index (κ2) is 8.11. The predicted molar refractivity (Wildman–Crippen MR) is 80.1 cm³/mol. The van der Waals surface area contributed by atoms with Crippen LogP contribution in [-0.2, 0) is 4.74 Å². The van der Waals surface area contributed by atoms with Gasteiger partial charge in [-0.05, 0) is 44.2 Å². The van der Waals surface area contributed by atoms with E-state index >= 15 is 0 Å². The summed E-state index contributed by atoms with van der Waals surface area (Å²) in [6, 6.07) is 0.538. The SMILES string of the molecule is CCCNC(CSC1CCCC1)C1=COCCC1. The third kappa shape index (κ3) is 4.51. The molecule has 1 saturated carbocycles. The van der Waals surface area contributed by atoms with Gasteiger partial charge in [0.15, 0.2) is 0 Å². The van der Waals surface area contributed by atoms with Gasteiger partial charge in [0.05, 0.1) is 12.9 Å². The molecule has 2 aliphatic rings. The topological polar surface area (TPSA) is 21.3 Å². The fourth-order valence-corrected chi connectivity index (χ4v) is 4.21. The van der Waals surface area contributed by atoms with Gasteiger partial charge >= 0.3 is 0 Å². The molecule has 18 heavy (non-hydrogen) atoms. The van der Waals surface area contributed by atoms with Crippen LogP contribution in [0.4, 0.5) is 0 Å². The van der Waals surface area contributed by atoms with Crippen molar-refractivity contribution in [1.82, 2.24) is 5.32 Å². The van der Waals surface area contributed by atoms with E-state index in [1.54, 1.807) is 0 Å². The van der Waals surface area contributed by atoms with E-state index in [-0.39, 0.29) is 0 Å². The molecule has 0 aromatic rings. The van der Waals surface area contributed by atoms with E-state index in [2.05, 4.69) is 24.0 Å². The minimum atomic E-state index is 0.538. The first-order chi connectivity index (χ1) is 8.90. The fourth-order valence-electron chi connectivity index (χ4n) is 2.74. The number of ether oxygens (including phenoxy) is 1. The van der Waals surface area contributed by atoms with Gasteiger partial charge in [0, 0.05) is 17.0 Å². The molecule has 1 atom stereocenters. The van der Waals surface area contributed by atoms with Crippen LogP contribution in [0.1, 0.15) is 51.9 Å². The molecule has 0 amide bonds. The summed E-state index contributed by atoms with van der Waals surface area (Å²) in [7, 11) is 0. The maximum atomic E-state index is 5.50. The molecular weight excluding hydrogens is 242 g/mol. The molecule has 3 heteroatoms. The highest BCUT2D eigenvalue weighted by Gasteiger charge is 2.20.